The number of benzene rings is 2. The number of aromatic hydroxyl groups is 1. The van der Waals surface area contributed by atoms with Crippen molar-refractivity contribution in [3.05, 3.63) is 59.2 Å². The summed E-state index contributed by atoms with van der Waals surface area (Å²) in [6, 6.07) is 12.5. The van der Waals surface area contributed by atoms with Crippen LogP contribution in [0.25, 0.3) is 0 Å². The zero-order chi connectivity index (χ0) is 16.3. The normalized spacial score (nSPS) is 10.8. The third-order valence-corrected chi connectivity index (χ3v) is 3.55. The van der Waals surface area contributed by atoms with Crippen LogP contribution in [0.2, 0.25) is 0 Å². The minimum atomic E-state index is -0.330. The average molecular weight is 335 g/mol. The number of halogens is 1. The summed E-state index contributed by atoms with van der Waals surface area (Å²) in [4.78, 5) is 12.4. The molecule has 0 radical (unpaired) electrons. The van der Waals surface area contributed by atoms with Gasteiger partial charge >= 0.3 is 0 Å². The molecule has 0 aliphatic carbocycles. The number of rotatable bonds is 3. The van der Waals surface area contributed by atoms with E-state index >= 15 is 0 Å². The molecule has 0 atom stereocenters. The molecule has 4 N–H and O–H groups in total. The highest BCUT2D eigenvalue weighted by Crippen LogP contribution is 2.28. The molecule has 4 nitrogen and oxygen atoms in total. The maximum atomic E-state index is 12.4. The summed E-state index contributed by atoms with van der Waals surface area (Å²) in [5.41, 5.74) is 8.39. The molecule has 0 aliphatic rings. The van der Waals surface area contributed by atoms with Crippen molar-refractivity contribution in [3.8, 4) is 5.75 Å². The van der Waals surface area contributed by atoms with E-state index in [4.69, 9.17) is 5.73 Å². The van der Waals surface area contributed by atoms with Gasteiger partial charge < -0.3 is 16.2 Å². The van der Waals surface area contributed by atoms with Gasteiger partial charge in [0.05, 0.1) is 5.56 Å². The summed E-state index contributed by atoms with van der Waals surface area (Å²) in [6.45, 7) is 6.65. The number of hydrogen-bond donors (Lipinski definition) is 3. The predicted molar refractivity (Wildman–Crippen MR) is 96.3 cm³/mol. The minimum Gasteiger partial charge on any atom is -0.507 e. The predicted octanol–water partition coefficient (Wildman–Crippen LogP) is 3.82. The SMILES string of the molecule is CC(C)(C)c1ccc(O)c(C(=O)Nc2ccc(CN)cc2)c1.Cl. The molecule has 0 bridgehead atoms. The van der Waals surface area contributed by atoms with Crippen LogP contribution in [0.4, 0.5) is 5.69 Å². The molecule has 0 aliphatic heterocycles. The van der Waals surface area contributed by atoms with E-state index in [0.29, 0.717) is 12.2 Å². The zero-order valence-electron chi connectivity index (χ0n) is 13.6. The number of phenols is 1. The molecular weight excluding hydrogens is 312 g/mol. The Hall–Kier alpha value is -2.04. The summed E-state index contributed by atoms with van der Waals surface area (Å²) < 4.78 is 0. The van der Waals surface area contributed by atoms with Gasteiger partial charge in [0.1, 0.15) is 5.75 Å². The van der Waals surface area contributed by atoms with Crippen LogP contribution in [0.3, 0.4) is 0 Å². The van der Waals surface area contributed by atoms with Crippen LogP contribution in [-0.2, 0) is 12.0 Å². The smallest absolute Gasteiger partial charge is 0.259 e. The van der Waals surface area contributed by atoms with Crippen molar-refractivity contribution in [1.29, 1.82) is 0 Å². The molecule has 2 rings (SSSR count). The number of anilines is 1. The molecule has 5 heteroatoms. The lowest BCUT2D eigenvalue weighted by Crippen LogP contribution is -2.16. The Bertz CT molecular complexity index is 676. The third kappa shape index (κ3) is 4.71. The quantitative estimate of drug-likeness (QED) is 0.798. The van der Waals surface area contributed by atoms with E-state index in [-0.39, 0.29) is 35.0 Å². The summed E-state index contributed by atoms with van der Waals surface area (Å²) in [6.07, 6.45) is 0. The standard InChI is InChI=1S/C18H22N2O2.ClH/c1-18(2,3)13-6-9-16(21)15(10-13)17(22)20-14-7-4-12(11-19)5-8-14;/h4-10,21H,11,19H2,1-3H3,(H,20,22);1H. The maximum Gasteiger partial charge on any atom is 0.259 e. The lowest BCUT2D eigenvalue weighted by Gasteiger charge is -2.20. The first-order valence-electron chi connectivity index (χ1n) is 7.25. The van der Waals surface area contributed by atoms with Gasteiger partial charge in [-0.2, -0.15) is 0 Å². The third-order valence-electron chi connectivity index (χ3n) is 3.55. The van der Waals surface area contributed by atoms with E-state index in [2.05, 4.69) is 26.1 Å². The molecular formula is C18H23ClN2O2. The first-order valence-corrected chi connectivity index (χ1v) is 7.25. The molecule has 2 aromatic rings. The van der Waals surface area contributed by atoms with Crippen LogP contribution in [-0.4, -0.2) is 11.0 Å². The van der Waals surface area contributed by atoms with Gasteiger partial charge in [-0.05, 0) is 40.8 Å². The molecule has 0 spiro atoms. The van der Waals surface area contributed by atoms with Crippen molar-refractivity contribution < 1.29 is 9.90 Å². The molecule has 0 fully saturated rings. The first-order chi connectivity index (χ1) is 10.3. The van der Waals surface area contributed by atoms with E-state index in [9.17, 15) is 9.90 Å². The average Bonchev–Trinajstić information content (AvgIpc) is 2.47. The Kier molecular flexibility index (Phi) is 6.19. The Morgan fingerprint density at radius 1 is 1.13 bits per heavy atom. The molecule has 1 amide bonds. The van der Waals surface area contributed by atoms with Crippen LogP contribution >= 0.6 is 12.4 Å². The summed E-state index contributed by atoms with van der Waals surface area (Å²) >= 11 is 0. The Labute approximate surface area is 143 Å². The second-order valence-corrected chi connectivity index (χ2v) is 6.34. The van der Waals surface area contributed by atoms with E-state index in [0.717, 1.165) is 11.1 Å². The fraction of sp³-hybridized carbons (Fsp3) is 0.278. The number of hydrogen-bond acceptors (Lipinski definition) is 3. The van der Waals surface area contributed by atoms with Crippen molar-refractivity contribution in [3.63, 3.8) is 0 Å². The summed E-state index contributed by atoms with van der Waals surface area (Å²) in [7, 11) is 0. The van der Waals surface area contributed by atoms with E-state index < -0.39 is 0 Å². The summed E-state index contributed by atoms with van der Waals surface area (Å²) in [5, 5.41) is 12.7. The van der Waals surface area contributed by atoms with Gasteiger partial charge in [0.15, 0.2) is 0 Å². The lowest BCUT2D eigenvalue weighted by molar-refractivity contribution is 0.102. The highest BCUT2D eigenvalue weighted by Gasteiger charge is 2.18. The van der Waals surface area contributed by atoms with Crippen molar-refractivity contribution in [2.75, 3.05) is 5.32 Å². The second-order valence-electron chi connectivity index (χ2n) is 6.34. The number of phenolic OH excluding ortho intramolecular Hbond substituents is 1. The van der Waals surface area contributed by atoms with Gasteiger partial charge in [0.2, 0.25) is 0 Å². The van der Waals surface area contributed by atoms with E-state index in [1.807, 2.05) is 18.2 Å². The Morgan fingerprint density at radius 3 is 2.26 bits per heavy atom. The molecule has 0 saturated heterocycles. The number of carbonyl (C=O) groups is 1. The molecule has 0 unspecified atom stereocenters. The van der Waals surface area contributed by atoms with Crippen LogP contribution in [0.1, 0.15) is 42.3 Å². The van der Waals surface area contributed by atoms with Gasteiger partial charge in [-0.25, -0.2) is 0 Å². The van der Waals surface area contributed by atoms with Crippen LogP contribution in [0.15, 0.2) is 42.5 Å². The fourth-order valence-electron chi connectivity index (χ4n) is 2.11. The van der Waals surface area contributed by atoms with Crippen LogP contribution in [0, 0.1) is 0 Å². The largest absolute Gasteiger partial charge is 0.507 e. The molecule has 0 saturated carbocycles. The Balaban J connectivity index is 0.00000264. The van der Waals surface area contributed by atoms with Gasteiger partial charge in [0, 0.05) is 12.2 Å². The highest BCUT2D eigenvalue weighted by molar-refractivity contribution is 6.06. The second kappa shape index (κ2) is 7.49. The van der Waals surface area contributed by atoms with Crippen LogP contribution < -0.4 is 11.1 Å². The summed E-state index contributed by atoms with van der Waals surface area (Å²) in [5.74, 6) is -0.354. The number of nitrogens with two attached hydrogens (primary N) is 1. The monoisotopic (exact) mass is 334 g/mol. The topological polar surface area (TPSA) is 75.3 Å². The van der Waals surface area contributed by atoms with Crippen LogP contribution in [0.5, 0.6) is 5.75 Å². The van der Waals surface area contributed by atoms with Gasteiger partial charge in [0.25, 0.3) is 5.91 Å². The maximum absolute atomic E-state index is 12.4. The van der Waals surface area contributed by atoms with Crippen molar-refractivity contribution in [1.82, 2.24) is 0 Å². The Morgan fingerprint density at radius 2 is 1.74 bits per heavy atom. The molecule has 124 valence electrons. The number of amides is 1. The number of nitrogens with one attached hydrogen (secondary N) is 1. The highest BCUT2D eigenvalue weighted by atomic mass is 35.5. The molecule has 23 heavy (non-hydrogen) atoms. The fourth-order valence-corrected chi connectivity index (χ4v) is 2.11. The molecule has 0 aromatic heterocycles. The van der Waals surface area contributed by atoms with Crippen molar-refractivity contribution >= 4 is 24.0 Å². The minimum absolute atomic E-state index is 0. The zero-order valence-corrected chi connectivity index (χ0v) is 14.4. The van der Waals surface area contributed by atoms with Crippen molar-refractivity contribution in [2.45, 2.75) is 32.7 Å². The molecule has 2 aromatic carbocycles. The number of carbonyl (C=O) groups excluding carboxylic acids is 1. The lowest BCUT2D eigenvalue weighted by atomic mass is 9.86. The van der Waals surface area contributed by atoms with Crippen molar-refractivity contribution in [2.24, 2.45) is 5.73 Å². The van der Waals surface area contributed by atoms with E-state index in [1.54, 1.807) is 24.3 Å². The first kappa shape index (κ1) is 19.0. The van der Waals surface area contributed by atoms with Gasteiger partial charge in [-0.15, -0.1) is 12.4 Å². The van der Waals surface area contributed by atoms with E-state index in [1.165, 1.54) is 0 Å². The molecule has 0 heterocycles. The van der Waals surface area contributed by atoms with Gasteiger partial charge in [-0.3, -0.25) is 4.79 Å². The van der Waals surface area contributed by atoms with Gasteiger partial charge in [-0.1, -0.05) is 39.0 Å².